The molecule has 2 aliphatic rings. The number of carbonyl (C=O) groups excluding carboxylic acids is 3. The van der Waals surface area contributed by atoms with Gasteiger partial charge >= 0.3 is 0 Å². The third-order valence-electron chi connectivity index (χ3n) is 9.14. The number of nitrogens with zero attached hydrogens (tertiary/aromatic N) is 2. The maximum absolute atomic E-state index is 16.7. The van der Waals surface area contributed by atoms with Crippen LogP contribution in [0.1, 0.15) is 67.6 Å². The summed E-state index contributed by atoms with van der Waals surface area (Å²) in [5, 5.41) is 16.2. The highest BCUT2D eigenvalue weighted by atomic mass is 19.1. The van der Waals surface area contributed by atoms with Gasteiger partial charge in [0, 0.05) is 48.7 Å². The second kappa shape index (κ2) is 12.0. The molecule has 9 nitrogen and oxygen atoms in total. The van der Waals surface area contributed by atoms with Crippen molar-refractivity contribution in [1.29, 1.82) is 0 Å². The summed E-state index contributed by atoms with van der Waals surface area (Å²) in [6.07, 6.45) is 0.773. The lowest BCUT2D eigenvalue weighted by atomic mass is 9.53. The van der Waals surface area contributed by atoms with Crippen LogP contribution < -0.4 is 10.6 Å². The zero-order valence-corrected chi connectivity index (χ0v) is 28.3. The predicted octanol–water partition coefficient (Wildman–Crippen LogP) is -2.13. The number of halogens is 1. The van der Waals surface area contributed by atoms with Crippen LogP contribution in [0.15, 0.2) is 36.4 Å². The Balaban J connectivity index is 1.73. The van der Waals surface area contributed by atoms with E-state index in [0.717, 1.165) is 4.90 Å². The van der Waals surface area contributed by atoms with Gasteiger partial charge in [0.05, 0.1) is 11.2 Å². The fraction of sp³-hybridized carbons (Fsp3) is 0.500. The minimum Gasteiger partial charge on any atom is -0.391 e. The average Bonchev–Trinajstić information content (AvgIpc) is 3.12. The first-order valence-electron chi connectivity index (χ1n) is 15.6. The molecule has 45 heavy (non-hydrogen) atoms. The minimum atomic E-state index is -1.88. The standard InChI is InChI=1S/C30H44B5FN4O5/c1-26(2)15-39(16-27(3,4)45-26)29(33,34)19-11-7-10-18(23(19)36)28(31,32)38-20-12-6-9-17-22(20)30(35,44)40(25(17)43)21(13-8-14-41)24(42)37-5/h6-7,9-12,14,21,38,44H,8,13,15-16,31-35H2,1-5H3,(H,37,42). The Bertz CT molecular complexity index is 1490. The molecule has 0 aliphatic carbocycles. The molecule has 1 saturated heterocycles. The summed E-state index contributed by atoms with van der Waals surface area (Å²) in [7, 11) is 10.7. The number of morpholine rings is 1. The number of aldehydes is 1. The van der Waals surface area contributed by atoms with E-state index in [9.17, 15) is 19.5 Å². The van der Waals surface area contributed by atoms with E-state index in [-0.39, 0.29) is 29.8 Å². The maximum Gasteiger partial charge on any atom is 0.256 e. The van der Waals surface area contributed by atoms with Gasteiger partial charge < -0.3 is 35.1 Å². The van der Waals surface area contributed by atoms with Crippen molar-refractivity contribution in [2.75, 3.05) is 25.5 Å². The predicted molar refractivity (Wildman–Crippen MR) is 187 cm³/mol. The zero-order chi connectivity index (χ0) is 33.8. The topological polar surface area (TPSA) is 111 Å². The van der Waals surface area contributed by atoms with Crippen molar-refractivity contribution < 1.29 is 28.6 Å². The van der Waals surface area contributed by atoms with E-state index >= 15 is 4.39 Å². The summed E-state index contributed by atoms with van der Waals surface area (Å²) in [6, 6.07) is 9.37. The molecule has 0 saturated carbocycles. The minimum absolute atomic E-state index is 0.0395. The number of hydrogen-bond donors (Lipinski definition) is 3. The molecular formula is C30H44B5FN4O5. The van der Waals surface area contributed by atoms with Gasteiger partial charge in [-0.2, -0.15) is 0 Å². The molecule has 1 fully saturated rings. The lowest BCUT2D eigenvalue weighted by Gasteiger charge is -2.53. The van der Waals surface area contributed by atoms with Crippen LogP contribution in [0.25, 0.3) is 0 Å². The summed E-state index contributed by atoms with van der Waals surface area (Å²) >= 11 is 0. The van der Waals surface area contributed by atoms with Crippen molar-refractivity contribution in [2.45, 2.75) is 74.1 Å². The number of fused-ring (bicyclic) bond motifs is 1. The largest absolute Gasteiger partial charge is 0.391 e. The summed E-state index contributed by atoms with van der Waals surface area (Å²) in [5.41, 5.74) is -0.769. The molecule has 2 atom stereocenters. The Morgan fingerprint density at radius 1 is 1.09 bits per heavy atom. The van der Waals surface area contributed by atoms with Gasteiger partial charge in [0.15, 0.2) is 7.85 Å². The number of ether oxygens (including phenoxy) is 1. The number of carbonyl (C=O) groups is 3. The van der Waals surface area contributed by atoms with Crippen LogP contribution in [0.3, 0.4) is 0 Å². The number of hydrogen-bond acceptors (Lipinski definition) is 7. The fourth-order valence-corrected chi connectivity index (χ4v) is 7.25. The molecule has 0 radical (unpaired) electrons. The summed E-state index contributed by atoms with van der Waals surface area (Å²) in [6.45, 7) is 9.47. The third kappa shape index (κ3) is 6.49. The highest BCUT2D eigenvalue weighted by Gasteiger charge is 2.51. The van der Waals surface area contributed by atoms with Crippen LogP contribution in [0.4, 0.5) is 10.1 Å². The third-order valence-corrected chi connectivity index (χ3v) is 9.14. The van der Waals surface area contributed by atoms with Crippen LogP contribution in [-0.2, 0) is 30.6 Å². The molecule has 236 valence electrons. The monoisotopic (exact) mass is 614 g/mol. The van der Waals surface area contributed by atoms with Crippen molar-refractivity contribution in [3.05, 3.63) is 64.5 Å². The molecule has 2 aliphatic heterocycles. The highest BCUT2D eigenvalue weighted by molar-refractivity contribution is 6.42. The molecule has 15 heteroatoms. The number of rotatable bonds is 10. The van der Waals surface area contributed by atoms with E-state index in [2.05, 4.69) is 43.2 Å². The van der Waals surface area contributed by atoms with Gasteiger partial charge in [0.25, 0.3) is 5.91 Å². The SMILES string of the molecule is BC(B)(Nc1cccc2c1C(B)(O)N(C(CCC=O)C(=O)NC)C2=O)c1cccc(C(B)(B)N2CC(C)(C)OC(C)(C)C2)c1F. The molecule has 3 N–H and O–H groups in total. The van der Waals surface area contributed by atoms with Crippen molar-refractivity contribution in [1.82, 2.24) is 15.1 Å². The Kier molecular flexibility index (Phi) is 9.27. The van der Waals surface area contributed by atoms with Gasteiger partial charge in [0.1, 0.15) is 55.2 Å². The first kappa shape index (κ1) is 34.9. The number of nitrogens with one attached hydrogen (secondary N) is 2. The maximum atomic E-state index is 16.7. The summed E-state index contributed by atoms with van der Waals surface area (Å²) in [5.74, 6) is -1.35. The van der Waals surface area contributed by atoms with E-state index < -0.39 is 45.4 Å². The number of aliphatic hydroxyl groups is 1. The van der Waals surface area contributed by atoms with Crippen LogP contribution in [0.5, 0.6) is 0 Å². The Morgan fingerprint density at radius 2 is 1.67 bits per heavy atom. The first-order chi connectivity index (χ1) is 20.7. The van der Waals surface area contributed by atoms with E-state index in [1.165, 1.54) is 14.9 Å². The number of amides is 2. The zero-order valence-electron chi connectivity index (χ0n) is 28.3. The molecule has 2 unspecified atom stereocenters. The number of anilines is 1. The van der Waals surface area contributed by atoms with Gasteiger partial charge in [-0.1, -0.05) is 24.3 Å². The van der Waals surface area contributed by atoms with E-state index in [1.807, 2.05) is 43.5 Å². The average molecular weight is 614 g/mol. The van der Waals surface area contributed by atoms with Crippen molar-refractivity contribution >= 4 is 63.0 Å². The number of benzene rings is 2. The Hall–Kier alpha value is -3.02. The summed E-state index contributed by atoms with van der Waals surface area (Å²) < 4.78 is 23.0. The normalized spacial score (nSPS) is 22.0. The van der Waals surface area contributed by atoms with Gasteiger partial charge in [-0.3, -0.25) is 9.59 Å². The second-order valence-corrected chi connectivity index (χ2v) is 14.8. The molecule has 0 bridgehead atoms. The molecule has 2 aromatic rings. The quantitative estimate of drug-likeness (QED) is 0.207. The molecule has 4 rings (SSSR count). The van der Waals surface area contributed by atoms with Gasteiger partial charge in [-0.05, 0) is 62.7 Å². The molecule has 2 heterocycles. The smallest absolute Gasteiger partial charge is 0.256 e. The Labute approximate surface area is 270 Å². The molecule has 2 amide bonds. The molecule has 0 aromatic heterocycles. The van der Waals surface area contributed by atoms with E-state index in [1.54, 1.807) is 24.3 Å². The van der Waals surface area contributed by atoms with Crippen LogP contribution in [-0.4, -0.2) is 110 Å². The van der Waals surface area contributed by atoms with E-state index in [0.29, 0.717) is 36.2 Å². The lowest BCUT2D eigenvalue weighted by Crippen LogP contribution is -2.63. The van der Waals surface area contributed by atoms with Crippen molar-refractivity contribution in [3.8, 4) is 0 Å². The summed E-state index contributed by atoms with van der Waals surface area (Å²) in [4.78, 5) is 41.1. The number of likely N-dealkylation sites (N-methyl/N-ethyl adjacent to an activating group) is 1. The lowest BCUT2D eigenvalue weighted by molar-refractivity contribution is -0.186. The van der Waals surface area contributed by atoms with Gasteiger partial charge in [-0.15, -0.1) is 0 Å². The highest BCUT2D eigenvalue weighted by Crippen LogP contribution is 2.43. The van der Waals surface area contributed by atoms with Crippen molar-refractivity contribution in [3.63, 3.8) is 0 Å². The van der Waals surface area contributed by atoms with Crippen LogP contribution in [0, 0.1) is 5.82 Å². The van der Waals surface area contributed by atoms with Crippen LogP contribution >= 0.6 is 0 Å². The fourth-order valence-electron chi connectivity index (χ4n) is 7.25. The van der Waals surface area contributed by atoms with Gasteiger partial charge in [-0.25, -0.2) is 4.39 Å². The molecule has 2 aromatic carbocycles. The molecular weight excluding hydrogens is 569 g/mol. The molecule has 0 spiro atoms. The first-order valence-corrected chi connectivity index (χ1v) is 15.6. The van der Waals surface area contributed by atoms with Crippen molar-refractivity contribution in [2.24, 2.45) is 0 Å². The van der Waals surface area contributed by atoms with E-state index in [4.69, 9.17) is 4.74 Å². The van der Waals surface area contributed by atoms with Gasteiger partial charge in [0.2, 0.25) is 5.91 Å². The Morgan fingerprint density at radius 3 is 2.24 bits per heavy atom. The second-order valence-electron chi connectivity index (χ2n) is 14.8. The van der Waals surface area contributed by atoms with Crippen LogP contribution in [0.2, 0.25) is 0 Å².